The van der Waals surface area contributed by atoms with Crippen LogP contribution in [-0.2, 0) is 9.47 Å². The van der Waals surface area contributed by atoms with Crippen LogP contribution in [0.5, 0.6) is 0 Å². The number of rotatable bonds is 4. The molecule has 1 saturated heterocycles. The van der Waals surface area contributed by atoms with Crippen molar-refractivity contribution in [1.82, 2.24) is 5.32 Å². The number of hydrogen-bond donors (Lipinski definition) is 1. The molecule has 1 aliphatic heterocycles. The fraction of sp³-hybridized carbons (Fsp3) is 1.00. The molecule has 3 nitrogen and oxygen atoms in total. The monoisotopic (exact) mass is 173 g/mol. The minimum Gasteiger partial charge on any atom is -0.380 e. The Hall–Kier alpha value is -0.120. The Labute approximate surface area is 74.4 Å². The van der Waals surface area contributed by atoms with Crippen molar-refractivity contribution >= 4 is 0 Å². The van der Waals surface area contributed by atoms with Crippen molar-refractivity contribution in [1.29, 1.82) is 0 Å². The average Bonchev–Trinajstić information content (AvgIpc) is 2.52. The lowest BCUT2D eigenvalue weighted by atomic mass is 10.1. The molecule has 0 aromatic heterocycles. The summed E-state index contributed by atoms with van der Waals surface area (Å²) in [5.74, 6) is 0. The molecule has 12 heavy (non-hydrogen) atoms. The van der Waals surface area contributed by atoms with Crippen LogP contribution in [0.2, 0.25) is 0 Å². The van der Waals surface area contributed by atoms with Gasteiger partial charge >= 0.3 is 0 Å². The Bertz CT molecular complexity index is 130. The van der Waals surface area contributed by atoms with Gasteiger partial charge in [0.05, 0.1) is 18.2 Å². The lowest BCUT2D eigenvalue weighted by Gasteiger charge is -2.24. The topological polar surface area (TPSA) is 30.5 Å². The van der Waals surface area contributed by atoms with Crippen molar-refractivity contribution in [3.05, 3.63) is 0 Å². The normalized spacial score (nSPS) is 32.2. The molecule has 1 aliphatic rings. The maximum Gasteiger partial charge on any atom is 0.0765 e. The molecule has 1 rings (SSSR count). The van der Waals surface area contributed by atoms with E-state index in [0.717, 1.165) is 19.6 Å². The number of nitrogens with one attached hydrogen (secondary N) is 1. The molecule has 0 aromatic rings. The van der Waals surface area contributed by atoms with Gasteiger partial charge in [0.2, 0.25) is 0 Å². The second kappa shape index (κ2) is 4.80. The van der Waals surface area contributed by atoms with Crippen molar-refractivity contribution in [3.63, 3.8) is 0 Å². The number of ether oxygens (including phenoxy) is 2. The maximum atomic E-state index is 5.60. The zero-order chi connectivity index (χ0) is 8.97. The standard InChI is InChI=1S/C9H19NO2/c1-4-12-8-5-6-10-9(8)7(2)11-3/h7-10H,4-6H2,1-3H3/t7-,8-,9+/m0/s1. The molecule has 0 saturated carbocycles. The van der Waals surface area contributed by atoms with E-state index in [9.17, 15) is 0 Å². The van der Waals surface area contributed by atoms with Gasteiger partial charge in [-0.1, -0.05) is 0 Å². The van der Waals surface area contributed by atoms with Crippen LogP contribution in [0.25, 0.3) is 0 Å². The highest BCUT2D eigenvalue weighted by Crippen LogP contribution is 2.15. The molecular weight excluding hydrogens is 154 g/mol. The Kier molecular flexibility index (Phi) is 3.98. The van der Waals surface area contributed by atoms with Gasteiger partial charge in [0.1, 0.15) is 0 Å². The van der Waals surface area contributed by atoms with Crippen LogP contribution in [0.15, 0.2) is 0 Å². The summed E-state index contributed by atoms with van der Waals surface area (Å²) in [5, 5.41) is 3.39. The summed E-state index contributed by atoms with van der Waals surface area (Å²) in [6, 6.07) is 0.370. The van der Waals surface area contributed by atoms with Crippen molar-refractivity contribution in [2.75, 3.05) is 20.3 Å². The Balaban J connectivity index is 2.40. The van der Waals surface area contributed by atoms with Gasteiger partial charge in [0.25, 0.3) is 0 Å². The van der Waals surface area contributed by atoms with Crippen molar-refractivity contribution in [2.24, 2.45) is 0 Å². The van der Waals surface area contributed by atoms with Gasteiger partial charge < -0.3 is 14.8 Å². The van der Waals surface area contributed by atoms with E-state index in [-0.39, 0.29) is 6.10 Å². The fourth-order valence-corrected chi connectivity index (χ4v) is 1.72. The van der Waals surface area contributed by atoms with Gasteiger partial charge in [-0.25, -0.2) is 0 Å². The van der Waals surface area contributed by atoms with Gasteiger partial charge in [-0.2, -0.15) is 0 Å². The third kappa shape index (κ3) is 2.19. The molecule has 0 radical (unpaired) electrons. The van der Waals surface area contributed by atoms with E-state index in [4.69, 9.17) is 9.47 Å². The van der Waals surface area contributed by atoms with Crippen LogP contribution in [0.4, 0.5) is 0 Å². The van der Waals surface area contributed by atoms with Gasteiger partial charge in [0.15, 0.2) is 0 Å². The van der Waals surface area contributed by atoms with Crippen molar-refractivity contribution < 1.29 is 9.47 Å². The second-order valence-electron chi connectivity index (χ2n) is 3.20. The predicted octanol–water partition coefficient (Wildman–Crippen LogP) is 0.788. The summed E-state index contributed by atoms with van der Waals surface area (Å²) in [6.07, 6.45) is 1.68. The van der Waals surface area contributed by atoms with Crippen LogP contribution in [-0.4, -0.2) is 38.5 Å². The molecule has 3 atom stereocenters. The maximum absolute atomic E-state index is 5.60. The smallest absolute Gasteiger partial charge is 0.0765 e. The number of hydrogen-bond acceptors (Lipinski definition) is 3. The summed E-state index contributed by atoms with van der Waals surface area (Å²) in [7, 11) is 1.74. The highest BCUT2D eigenvalue weighted by atomic mass is 16.5. The summed E-state index contributed by atoms with van der Waals surface area (Å²) in [6.45, 7) is 5.95. The molecule has 1 heterocycles. The molecule has 0 amide bonds. The molecule has 72 valence electrons. The molecule has 0 aromatic carbocycles. The van der Waals surface area contributed by atoms with Gasteiger partial charge in [-0.05, 0) is 26.8 Å². The summed E-state index contributed by atoms with van der Waals surface area (Å²) in [5.41, 5.74) is 0. The van der Waals surface area contributed by atoms with Gasteiger partial charge in [-0.3, -0.25) is 0 Å². The van der Waals surface area contributed by atoms with Crippen LogP contribution in [0.1, 0.15) is 20.3 Å². The molecule has 1 fully saturated rings. The van der Waals surface area contributed by atoms with Gasteiger partial charge in [0, 0.05) is 13.7 Å². The predicted molar refractivity (Wildman–Crippen MR) is 48.3 cm³/mol. The molecule has 0 aliphatic carbocycles. The molecule has 1 N–H and O–H groups in total. The minimum absolute atomic E-state index is 0.240. The summed E-state index contributed by atoms with van der Waals surface area (Å²) >= 11 is 0. The number of methoxy groups -OCH3 is 1. The van der Waals surface area contributed by atoms with Crippen LogP contribution in [0.3, 0.4) is 0 Å². The van der Waals surface area contributed by atoms with E-state index in [0.29, 0.717) is 12.1 Å². The fourth-order valence-electron chi connectivity index (χ4n) is 1.72. The Morgan fingerprint density at radius 1 is 1.58 bits per heavy atom. The van der Waals surface area contributed by atoms with E-state index in [2.05, 4.69) is 12.2 Å². The van der Waals surface area contributed by atoms with Crippen LogP contribution in [0, 0.1) is 0 Å². The van der Waals surface area contributed by atoms with E-state index < -0.39 is 0 Å². The molecule has 0 unspecified atom stereocenters. The Morgan fingerprint density at radius 2 is 2.33 bits per heavy atom. The van der Waals surface area contributed by atoms with E-state index in [1.807, 2.05) is 6.92 Å². The van der Waals surface area contributed by atoms with E-state index >= 15 is 0 Å². The lowest BCUT2D eigenvalue weighted by molar-refractivity contribution is 0.0000108. The first-order valence-electron chi connectivity index (χ1n) is 4.67. The van der Waals surface area contributed by atoms with Crippen molar-refractivity contribution in [2.45, 2.75) is 38.5 Å². The quantitative estimate of drug-likeness (QED) is 0.681. The second-order valence-corrected chi connectivity index (χ2v) is 3.20. The highest BCUT2D eigenvalue weighted by Gasteiger charge is 2.31. The van der Waals surface area contributed by atoms with E-state index in [1.54, 1.807) is 7.11 Å². The van der Waals surface area contributed by atoms with Gasteiger partial charge in [-0.15, -0.1) is 0 Å². The molecular formula is C9H19NO2. The lowest BCUT2D eigenvalue weighted by Crippen LogP contribution is -2.42. The van der Waals surface area contributed by atoms with Crippen LogP contribution >= 0.6 is 0 Å². The third-order valence-electron chi connectivity index (χ3n) is 2.47. The zero-order valence-corrected chi connectivity index (χ0v) is 8.17. The average molecular weight is 173 g/mol. The Morgan fingerprint density at radius 3 is 2.92 bits per heavy atom. The highest BCUT2D eigenvalue weighted by molar-refractivity contribution is 4.88. The third-order valence-corrected chi connectivity index (χ3v) is 2.47. The van der Waals surface area contributed by atoms with E-state index in [1.165, 1.54) is 0 Å². The minimum atomic E-state index is 0.240. The largest absolute Gasteiger partial charge is 0.380 e. The zero-order valence-electron chi connectivity index (χ0n) is 8.17. The van der Waals surface area contributed by atoms with Crippen molar-refractivity contribution in [3.8, 4) is 0 Å². The van der Waals surface area contributed by atoms with Crippen LogP contribution < -0.4 is 5.32 Å². The molecule has 0 bridgehead atoms. The molecule has 3 heteroatoms. The molecule has 0 spiro atoms. The summed E-state index contributed by atoms with van der Waals surface area (Å²) in [4.78, 5) is 0. The SMILES string of the molecule is CCO[C@H]1CCN[C@@H]1[C@H](C)OC. The first-order valence-corrected chi connectivity index (χ1v) is 4.67. The first kappa shape index (κ1) is 9.96. The summed E-state index contributed by atoms with van der Waals surface area (Å²) < 4.78 is 10.9. The first-order chi connectivity index (χ1) is 5.79.